The normalized spacial score (nSPS) is 12.9. The van der Waals surface area contributed by atoms with Crippen molar-refractivity contribution in [3.8, 4) is 6.07 Å². The number of rotatable bonds is 3. The number of fused-ring (bicyclic) bond motifs is 1. The maximum atomic E-state index is 12.2. The molecule has 0 atom stereocenters. The van der Waals surface area contributed by atoms with E-state index < -0.39 is 0 Å². The van der Waals surface area contributed by atoms with Gasteiger partial charge in [-0.1, -0.05) is 12.1 Å². The van der Waals surface area contributed by atoms with Crippen molar-refractivity contribution in [2.75, 3.05) is 4.90 Å². The molecule has 0 radical (unpaired) electrons. The average molecular weight is 290 g/mol. The van der Waals surface area contributed by atoms with E-state index in [9.17, 15) is 9.59 Å². The fourth-order valence-electron chi connectivity index (χ4n) is 2.64. The minimum Gasteiger partial charge on any atom is -0.307 e. The number of benzene rings is 2. The molecule has 0 fully saturated rings. The van der Waals surface area contributed by atoms with Gasteiger partial charge in [0.05, 0.1) is 24.6 Å². The van der Waals surface area contributed by atoms with Gasteiger partial charge in [-0.2, -0.15) is 5.26 Å². The number of Topliss-reactive ketones (excluding diaryl/α,β-unsaturated/α-hetero) is 1. The van der Waals surface area contributed by atoms with E-state index in [1.165, 1.54) is 6.92 Å². The molecule has 1 amide bonds. The summed E-state index contributed by atoms with van der Waals surface area (Å²) < 4.78 is 0. The van der Waals surface area contributed by atoms with E-state index in [1.54, 1.807) is 29.2 Å². The van der Waals surface area contributed by atoms with Gasteiger partial charge < -0.3 is 4.90 Å². The summed E-state index contributed by atoms with van der Waals surface area (Å²) in [6.07, 6.45) is 0.326. The number of ketones is 1. The van der Waals surface area contributed by atoms with Crippen LogP contribution in [0, 0.1) is 11.3 Å². The zero-order valence-corrected chi connectivity index (χ0v) is 12.2. The number of carbonyl (C=O) groups is 2. The Kier molecular flexibility index (Phi) is 3.48. The smallest absolute Gasteiger partial charge is 0.231 e. The monoisotopic (exact) mass is 290 g/mol. The summed E-state index contributed by atoms with van der Waals surface area (Å²) in [6.45, 7) is 1.99. The highest BCUT2D eigenvalue weighted by molar-refractivity contribution is 6.03. The van der Waals surface area contributed by atoms with Crippen LogP contribution in [-0.2, 0) is 17.8 Å². The van der Waals surface area contributed by atoms with Crippen molar-refractivity contribution in [2.24, 2.45) is 0 Å². The van der Waals surface area contributed by atoms with Crippen molar-refractivity contribution in [1.29, 1.82) is 5.26 Å². The number of anilines is 1. The lowest BCUT2D eigenvalue weighted by Gasteiger charge is -2.17. The molecule has 1 aliphatic heterocycles. The summed E-state index contributed by atoms with van der Waals surface area (Å²) in [5, 5.41) is 8.81. The summed E-state index contributed by atoms with van der Waals surface area (Å²) >= 11 is 0. The molecule has 22 heavy (non-hydrogen) atoms. The molecule has 3 rings (SSSR count). The molecule has 2 aromatic rings. The first kappa shape index (κ1) is 14.0. The van der Waals surface area contributed by atoms with E-state index in [1.807, 2.05) is 18.2 Å². The SMILES string of the molecule is CC(=O)c1ccc2c(c1)CC(=O)N2Cc1ccc(C#N)cc1. The molecule has 1 aliphatic rings. The molecule has 4 heteroatoms. The lowest BCUT2D eigenvalue weighted by Crippen LogP contribution is -2.25. The number of hydrogen-bond acceptors (Lipinski definition) is 3. The minimum absolute atomic E-state index is 0.000733. The quantitative estimate of drug-likeness (QED) is 0.817. The van der Waals surface area contributed by atoms with Gasteiger partial charge in [0.2, 0.25) is 5.91 Å². The Bertz CT molecular complexity index is 801. The lowest BCUT2D eigenvalue weighted by molar-refractivity contribution is -0.117. The Hall–Kier alpha value is -2.93. The predicted molar refractivity (Wildman–Crippen MR) is 82.5 cm³/mol. The Morgan fingerprint density at radius 2 is 1.95 bits per heavy atom. The number of nitrogens with zero attached hydrogens (tertiary/aromatic N) is 2. The highest BCUT2D eigenvalue weighted by Gasteiger charge is 2.27. The van der Waals surface area contributed by atoms with Crippen LogP contribution < -0.4 is 4.90 Å². The Morgan fingerprint density at radius 1 is 1.23 bits per heavy atom. The molecule has 0 saturated carbocycles. The molecule has 0 aliphatic carbocycles. The second-order valence-electron chi connectivity index (χ2n) is 5.37. The van der Waals surface area contributed by atoms with Gasteiger partial charge in [-0.25, -0.2) is 0 Å². The second-order valence-corrected chi connectivity index (χ2v) is 5.37. The van der Waals surface area contributed by atoms with Crippen molar-refractivity contribution < 1.29 is 9.59 Å². The summed E-state index contributed by atoms with van der Waals surface area (Å²) in [5.74, 6) is 0.0286. The van der Waals surface area contributed by atoms with Crippen LogP contribution in [0.25, 0.3) is 0 Å². The largest absolute Gasteiger partial charge is 0.307 e. The Labute approximate surface area is 128 Å². The van der Waals surface area contributed by atoms with E-state index in [0.29, 0.717) is 24.1 Å². The highest BCUT2D eigenvalue weighted by atomic mass is 16.2. The van der Waals surface area contributed by atoms with Crippen molar-refractivity contribution in [3.05, 3.63) is 64.7 Å². The maximum Gasteiger partial charge on any atom is 0.231 e. The third-order valence-electron chi connectivity index (χ3n) is 3.84. The number of nitriles is 1. The van der Waals surface area contributed by atoms with Crippen molar-refractivity contribution in [2.45, 2.75) is 19.9 Å². The van der Waals surface area contributed by atoms with Gasteiger partial charge in [0.25, 0.3) is 0 Å². The topological polar surface area (TPSA) is 61.2 Å². The van der Waals surface area contributed by atoms with Crippen LogP contribution in [0.1, 0.15) is 34.0 Å². The summed E-state index contributed by atoms with van der Waals surface area (Å²) in [6, 6.07) is 14.7. The molecule has 108 valence electrons. The summed E-state index contributed by atoms with van der Waals surface area (Å²) in [7, 11) is 0. The van der Waals surface area contributed by atoms with Crippen LogP contribution in [-0.4, -0.2) is 11.7 Å². The van der Waals surface area contributed by atoms with Gasteiger partial charge in [0.15, 0.2) is 5.78 Å². The highest BCUT2D eigenvalue weighted by Crippen LogP contribution is 2.31. The van der Waals surface area contributed by atoms with Gasteiger partial charge in [0, 0.05) is 11.3 Å². The standard InChI is InChI=1S/C18H14N2O2/c1-12(21)15-6-7-17-16(8-15)9-18(22)20(17)11-14-4-2-13(10-19)3-5-14/h2-8H,9,11H2,1H3. The summed E-state index contributed by atoms with van der Waals surface area (Å²) in [5.41, 5.74) is 3.95. The number of hydrogen-bond donors (Lipinski definition) is 0. The van der Waals surface area contributed by atoms with Crippen LogP contribution in [0.3, 0.4) is 0 Å². The number of carbonyl (C=O) groups excluding carboxylic acids is 2. The molecule has 2 aromatic carbocycles. The summed E-state index contributed by atoms with van der Waals surface area (Å²) in [4.78, 5) is 25.4. The van der Waals surface area contributed by atoms with Crippen LogP contribution in [0.5, 0.6) is 0 Å². The molecular formula is C18H14N2O2. The first-order valence-electron chi connectivity index (χ1n) is 7.02. The van der Waals surface area contributed by atoms with Crippen molar-refractivity contribution in [1.82, 2.24) is 0 Å². The lowest BCUT2D eigenvalue weighted by atomic mass is 10.1. The van der Waals surface area contributed by atoms with Gasteiger partial charge in [0.1, 0.15) is 0 Å². The third kappa shape index (κ3) is 2.49. The molecule has 0 unspecified atom stereocenters. The first-order valence-corrected chi connectivity index (χ1v) is 7.02. The molecular weight excluding hydrogens is 276 g/mol. The van der Waals surface area contributed by atoms with Crippen LogP contribution in [0.2, 0.25) is 0 Å². The minimum atomic E-state index is 0.000733. The van der Waals surface area contributed by atoms with Crippen LogP contribution in [0.4, 0.5) is 5.69 Å². The van der Waals surface area contributed by atoms with E-state index in [4.69, 9.17) is 5.26 Å². The van der Waals surface area contributed by atoms with Crippen LogP contribution in [0.15, 0.2) is 42.5 Å². The maximum absolute atomic E-state index is 12.2. The molecule has 0 spiro atoms. The molecule has 1 heterocycles. The van der Waals surface area contributed by atoms with Gasteiger partial charge in [-0.3, -0.25) is 9.59 Å². The number of amides is 1. The molecule has 4 nitrogen and oxygen atoms in total. The van der Waals surface area contributed by atoms with E-state index in [0.717, 1.165) is 16.8 Å². The third-order valence-corrected chi connectivity index (χ3v) is 3.84. The molecule has 0 bridgehead atoms. The van der Waals surface area contributed by atoms with E-state index in [2.05, 4.69) is 6.07 Å². The second kappa shape index (κ2) is 5.45. The fraction of sp³-hybridized carbons (Fsp3) is 0.167. The zero-order chi connectivity index (χ0) is 15.7. The van der Waals surface area contributed by atoms with E-state index >= 15 is 0 Å². The molecule has 0 saturated heterocycles. The Morgan fingerprint density at radius 3 is 2.59 bits per heavy atom. The van der Waals surface area contributed by atoms with Gasteiger partial charge >= 0.3 is 0 Å². The van der Waals surface area contributed by atoms with E-state index in [-0.39, 0.29) is 11.7 Å². The van der Waals surface area contributed by atoms with Crippen molar-refractivity contribution in [3.63, 3.8) is 0 Å². The fourth-order valence-corrected chi connectivity index (χ4v) is 2.64. The first-order chi connectivity index (χ1) is 10.6. The average Bonchev–Trinajstić information content (AvgIpc) is 2.83. The predicted octanol–water partition coefficient (Wildman–Crippen LogP) is 2.85. The van der Waals surface area contributed by atoms with Gasteiger partial charge in [-0.15, -0.1) is 0 Å². The molecule has 0 N–H and O–H groups in total. The van der Waals surface area contributed by atoms with Gasteiger partial charge in [-0.05, 0) is 48.4 Å². The zero-order valence-electron chi connectivity index (χ0n) is 12.2. The van der Waals surface area contributed by atoms with Crippen LogP contribution >= 0.6 is 0 Å². The van der Waals surface area contributed by atoms with Crippen molar-refractivity contribution >= 4 is 17.4 Å². The molecule has 0 aromatic heterocycles. The Balaban J connectivity index is 1.88.